The Labute approximate surface area is 144 Å². The summed E-state index contributed by atoms with van der Waals surface area (Å²) in [5, 5.41) is 3.60. The monoisotopic (exact) mass is 425 g/mol. The molecule has 2 aromatic carbocycles. The first-order valence-corrected chi connectivity index (χ1v) is 7.79. The van der Waals surface area contributed by atoms with E-state index in [9.17, 15) is 9.59 Å². The Morgan fingerprint density at radius 1 is 1.14 bits per heavy atom. The number of halogens is 2. The number of anilines is 1. The molecule has 0 radical (unpaired) electrons. The summed E-state index contributed by atoms with van der Waals surface area (Å²) >= 11 is 8.14. The minimum atomic E-state index is -0.719. The summed E-state index contributed by atoms with van der Waals surface area (Å²) in [5.41, 5.74) is 0.105. The van der Waals surface area contributed by atoms with Crippen LogP contribution in [0.5, 0.6) is 0 Å². The lowest BCUT2D eigenvalue weighted by Gasteiger charge is -2.06. The molecule has 22 heavy (non-hydrogen) atoms. The molecule has 1 heterocycles. The van der Waals surface area contributed by atoms with Gasteiger partial charge in [0.25, 0.3) is 5.91 Å². The summed E-state index contributed by atoms with van der Waals surface area (Å²) in [5.74, 6) is -0.517. The maximum Gasteiger partial charge on any atom is 0.349 e. The molecule has 0 unspecified atom stereocenters. The smallest absolute Gasteiger partial charge is 0.349 e. The van der Waals surface area contributed by atoms with Gasteiger partial charge in [0.1, 0.15) is 5.56 Å². The highest BCUT2D eigenvalue weighted by Crippen LogP contribution is 2.22. The minimum absolute atomic E-state index is 0.0617. The van der Waals surface area contributed by atoms with Gasteiger partial charge in [-0.25, -0.2) is 4.79 Å². The van der Waals surface area contributed by atoms with Crippen LogP contribution in [0.25, 0.3) is 11.0 Å². The normalized spacial score (nSPS) is 10.6. The molecule has 1 N–H and O–H groups in total. The number of nitrogens with one attached hydrogen (secondary N) is 1. The molecule has 1 aromatic heterocycles. The summed E-state index contributed by atoms with van der Waals surface area (Å²) in [6, 6.07) is 13.8. The molecule has 110 valence electrons. The van der Waals surface area contributed by atoms with Crippen LogP contribution in [0.1, 0.15) is 10.4 Å². The van der Waals surface area contributed by atoms with Crippen LogP contribution < -0.4 is 10.9 Å². The fourth-order valence-electron chi connectivity index (χ4n) is 2.00. The number of carbonyl (C=O) groups excluding carboxylic acids is 1. The van der Waals surface area contributed by atoms with Crippen molar-refractivity contribution in [2.24, 2.45) is 0 Å². The summed E-state index contributed by atoms with van der Waals surface area (Å²) < 4.78 is 6.20. The van der Waals surface area contributed by atoms with Crippen molar-refractivity contribution in [1.82, 2.24) is 0 Å². The zero-order valence-corrected chi connectivity index (χ0v) is 14.0. The lowest BCUT2D eigenvalue weighted by molar-refractivity contribution is 0.102. The second kappa shape index (κ2) is 6.10. The first-order valence-electron chi connectivity index (χ1n) is 6.34. The number of hydrogen-bond acceptors (Lipinski definition) is 3. The molecule has 0 aliphatic carbocycles. The van der Waals surface area contributed by atoms with E-state index in [0.29, 0.717) is 16.1 Å². The molecule has 0 aliphatic rings. The van der Waals surface area contributed by atoms with Crippen molar-refractivity contribution in [2.75, 3.05) is 5.32 Å². The fraction of sp³-hybridized carbons (Fsp3) is 0. The maximum atomic E-state index is 12.2. The highest BCUT2D eigenvalue weighted by Gasteiger charge is 2.15. The van der Waals surface area contributed by atoms with Crippen LogP contribution in [0.15, 0.2) is 57.7 Å². The molecule has 0 saturated carbocycles. The average molecular weight is 426 g/mol. The number of benzene rings is 2. The Kier molecular flexibility index (Phi) is 4.17. The van der Waals surface area contributed by atoms with Crippen molar-refractivity contribution in [3.8, 4) is 0 Å². The first-order chi connectivity index (χ1) is 10.5. The minimum Gasteiger partial charge on any atom is -0.421 e. The van der Waals surface area contributed by atoms with E-state index in [1.54, 1.807) is 30.3 Å². The molecule has 0 bridgehead atoms. The standard InChI is InChI=1S/C16H9ClINO3/c17-13-3-1-2-9-8-12(16(21)22-14(9)13)15(20)19-11-6-4-10(18)5-7-11/h1-8H,(H,19,20). The van der Waals surface area contributed by atoms with E-state index in [1.165, 1.54) is 6.07 Å². The predicted molar refractivity (Wildman–Crippen MR) is 94.6 cm³/mol. The number of hydrogen-bond donors (Lipinski definition) is 1. The Hall–Kier alpha value is -1.86. The highest BCUT2D eigenvalue weighted by molar-refractivity contribution is 14.1. The molecule has 0 atom stereocenters. The largest absolute Gasteiger partial charge is 0.421 e. The van der Waals surface area contributed by atoms with Gasteiger partial charge in [-0.2, -0.15) is 0 Å². The Morgan fingerprint density at radius 2 is 1.86 bits per heavy atom. The highest BCUT2D eigenvalue weighted by atomic mass is 127. The molecular weight excluding hydrogens is 417 g/mol. The third kappa shape index (κ3) is 3.00. The van der Waals surface area contributed by atoms with Crippen LogP contribution in [0.4, 0.5) is 5.69 Å². The van der Waals surface area contributed by atoms with E-state index in [1.807, 2.05) is 12.1 Å². The van der Waals surface area contributed by atoms with Crippen LogP contribution in [-0.2, 0) is 0 Å². The number of para-hydroxylation sites is 1. The second-order valence-corrected chi connectivity index (χ2v) is 6.22. The first kappa shape index (κ1) is 15.1. The van der Waals surface area contributed by atoms with Crippen molar-refractivity contribution in [2.45, 2.75) is 0 Å². The molecule has 0 fully saturated rings. The van der Waals surface area contributed by atoms with E-state index in [0.717, 1.165) is 3.57 Å². The van der Waals surface area contributed by atoms with Crippen LogP contribution in [0.3, 0.4) is 0 Å². The lowest BCUT2D eigenvalue weighted by atomic mass is 10.1. The number of amides is 1. The van der Waals surface area contributed by atoms with Gasteiger partial charge in [0.15, 0.2) is 5.58 Å². The van der Waals surface area contributed by atoms with Crippen molar-refractivity contribution in [3.63, 3.8) is 0 Å². The van der Waals surface area contributed by atoms with E-state index in [4.69, 9.17) is 16.0 Å². The van der Waals surface area contributed by atoms with E-state index in [-0.39, 0.29) is 11.1 Å². The number of carbonyl (C=O) groups is 1. The van der Waals surface area contributed by atoms with Crippen LogP contribution in [-0.4, -0.2) is 5.91 Å². The third-order valence-electron chi connectivity index (χ3n) is 3.06. The molecule has 6 heteroatoms. The number of rotatable bonds is 2. The average Bonchev–Trinajstić information content (AvgIpc) is 2.50. The van der Waals surface area contributed by atoms with Crippen molar-refractivity contribution < 1.29 is 9.21 Å². The third-order valence-corrected chi connectivity index (χ3v) is 4.08. The van der Waals surface area contributed by atoms with Gasteiger partial charge in [-0.1, -0.05) is 23.7 Å². The van der Waals surface area contributed by atoms with Gasteiger partial charge in [0, 0.05) is 14.6 Å². The molecule has 3 aromatic rings. The van der Waals surface area contributed by atoms with Gasteiger partial charge in [0.2, 0.25) is 0 Å². The fourth-order valence-corrected chi connectivity index (χ4v) is 2.58. The quantitative estimate of drug-likeness (QED) is 0.492. The number of fused-ring (bicyclic) bond motifs is 1. The molecular formula is C16H9ClINO3. The Morgan fingerprint density at radius 3 is 2.59 bits per heavy atom. The van der Waals surface area contributed by atoms with E-state index < -0.39 is 11.5 Å². The van der Waals surface area contributed by atoms with E-state index >= 15 is 0 Å². The molecule has 0 spiro atoms. The van der Waals surface area contributed by atoms with Gasteiger partial charge < -0.3 is 9.73 Å². The summed E-state index contributed by atoms with van der Waals surface area (Å²) in [7, 11) is 0. The molecule has 0 aliphatic heterocycles. The van der Waals surface area contributed by atoms with Gasteiger partial charge in [-0.05, 0) is 59.0 Å². The van der Waals surface area contributed by atoms with Gasteiger partial charge >= 0.3 is 5.63 Å². The lowest BCUT2D eigenvalue weighted by Crippen LogP contribution is -2.20. The molecule has 3 rings (SSSR count). The zero-order valence-electron chi connectivity index (χ0n) is 11.1. The Bertz CT molecular complexity index is 919. The maximum absolute atomic E-state index is 12.2. The van der Waals surface area contributed by atoms with Gasteiger partial charge in [-0.3, -0.25) is 4.79 Å². The van der Waals surface area contributed by atoms with Gasteiger partial charge in [0.05, 0.1) is 5.02 Å². The summed E-state index contributed by atoms with van der Waals surface area (Å²) in [6.45, 7) is 0. The summed E-state index contributed by atoms with van der Waals surface area (Å²) in [6.07, 6.45) is 0. The van der Waals surface area contributed by atoms with E-state index in [2.05, 4.69) is 27.9 Å². The van der Waals surface area contributed by atoms with Crippen molar-refractivity contribution >= 4 is 56.8 Å². The van der Waals surface area contributed by atoms with Crippen LogP contribution in [0, 0.1) is 3.57 Å². The predicted octanol–water partition coefficient (Wildman–Crippen LogP) is 4.30. The molecule has 1 amide bonds. The zero-order chi connectivity index (χ0) is 15.7. The topological polar surface area (TPSA) is 59.3 Å². The SMILES string of the molecule is O=C(Nc1ccc(I)cc1)c1cc2cccc(Cl)c2oc1=O. The van der Waals surface area contributed by atoms with Gasteiger partial charge in [-0.15, -0.1) is 0 Å². The molecule has 4 nitrogen and oxygen atoms in total. The van der Waals surface area contributed by atoms with Crippen LogP contribution >= 0.6 is 34.2 Å². The van der Waals surface area contributed by atoms with Crippen molar-refractivity contribution in [3.05, 3.63) is 73.1 Å². The summed E-state index contributed by atoms with van der Waals surface area (Å²) in [4.78, 5) is 24.2. The van der Waals surface area contributed by atoms with Crippen molar-refractivity contribution in [1.29, 1.82) is 0 Å². The second-order valence-electron chi connectivity index (χ2n) is 4.57. The van der Waals surface area contributed by atoms with Crippen LogP contribution in [0.2, 0.25) is 5.02 Å². The molecule has 0 saturated heterocycles. The Balaban J connectivity index is 1.99.